The number of unbranched alkanes of at least 4 members (excludes halogenated alkanes) is 1. The molecular weight excluding hydrogens is 168 g/mol. The van der Waals surface area contributed by atoms with Gasteiger partial charge in [0.05, 0.1) is 6.61 Å². The summed E-state index contributed by atoms with van der Waals surface area (Å²) in [5.41, 5.74) is -1.73. The van der Waals surface area contributed by atoms with Crippen LogP contribution in [-0.4, -0.2) is 23.3 Å². The maximum absolute atomic E-state index is 11.2. The summed E-state index contributed by atoms with van der Waals surface area (Å²) in [6.45, 7) is 3.87. The molecule has 0 amide bonds. The molecule has 0 bridgehead atoms. The van der Waals surface area contributed by atoms with Crippen molar-refractivity contribution in [2.75, 3.05) is 6.61 Å². The number of hydrogen-bond acceptors (Lipinski definition) is 3. The molecule has 0 saturated carbocycles. The van der Waals surface area contributed by atoms with Crippen molar-refractivity contribution < 1.29 is 14.6 Å². The third-order valence-corrected chi connectivity index (χ3v) is 1.74. The van der Waals surface area contributed by atoms with Crippen LogP contribution in [-0.2, 0) is 9.53 Å². The molecule has 74 valence electrons. The summed E-state index contributed by atoms with van der Waals surface area (Å²) in [5.74, 6) is 1.36. The van der Waals surface area contributed by atoms with E-state index in [0.717, 1.165) is 6.42 Å². The molecule has 1 atom stereocenters. The predicted octanol–water partition coefficient (Wildman–Crippen LogP) is 1.10. The van der Waals surface area contributed by atoms with E-state index in [0.29, 0.717) is 6.42 Å². The lowest BCUT2D eigenvalue weighted by molar-refractivity contribution is -0.159. The molecule has 0 radical (unpaired) electrons. The molecule has 0 aliphatic carbocycles. The van der Waals surface area contributed by atoms with E-state index in [9.17, 15) is 9.90 Å². The molecule has 0 aromatic heterocycles. The zero-order chi connectivity index (χ0) is 10.3. The first kappa shape index (κ1) is 12.0. The predicted molar refractivity (Wildman–Crippen MR) is 49.9 cm³/mol. The van der Waals surface area contributed by atoms with Gasteiger partial charge >= 0.3 is 5.97 Å². The number of esters is 1. The summed E-state index contributed by atoms with van der Waals surface area (Å²) < 4.78 is 4.66. The Morgan fingerprint density at radius 3 is 2.62 bits per heavy atom. The lowest BCUT2D eigenvalue weighted by Crippen LogP contribution is -2.38. The van der Waals surface area contributed by atoms with Crippen molar-refractivity contribution in [2.45, 2.75) is 38.7 Å². The summed E-state index contributed by atoms with van der Waals surface area (Å²) in [4.78, 5) is 11.2. The molecule has 0 aromatic carbocycles. The van der Waals surface area contributed by atoms with Crippen molar-refractivity contribution in [1.82, 2.24) is 0 Å². The molecule has 0 spiro atoms. The highest BCUT2D eigenvalue weighted by Gasteiger charge is 2.34. The van der Waals surface area contributed by atoms with E-state index in [-0.39, 0.29) is 13.0 Å². The summed E-state index contributed by atoms with van der Waals surface area (Å²) >= 11 is 0. The molecule has 0 aliphatic heterocycles. The second kappa shape index (κ2) is 5.60. The average Bonchev–Trinajstić information content (AvgIpc) is 2.14. The monoisotopic (exact) mass is 184 g/mol. The number of aliphatic hydroxyl groups is 1. The van der Waals surface area contributed by atoms with Crippen LogP contribution in [0.1, 0.15) is 33.1 Å². The number of carbonyl (C=O) groups is 1. The highest BCUT2D eigenvalue weighted by molar-refractivity contribution is 5.83. The van der Waals surface area contributed by atoms with Crippen LogP contribution in [0.15, 0.2) is 0 Å². The van der Waals surface area contributed by atoms with Gasteiger partial charge < -0.3 is 9.84 Å². The lowest BCUT2D eigenvalue weighted by Gasteiger charge is -2.19. The Hall–Kier alpha value is -1.01. The van der Waals surface area contributed by atoms with E-state index in [2.05, 4.69) is 10.7 Å². The molecule has 1 N–H and O–H groups in total. The molecule has 13 heavy (non-hydrogen) atoms. The number of rotatable bonds is 5. The molecule has 0 aliphatic rings. The van der Waals surface area contributed by atoms with E-state index >= 15 is 0 Å². The molecule has 0 fully saturated rings. The van der Waals surface area contributed by atoms with Gasteiger partial charge in [-0.1, -0.05) is 19.3 Å². The topological polar surface area (TPSA) is 46.5 Å². The first-order valence-corrected chi connectivity index (χ1v) is 4.48. The number of terminal acetylenes is 1. The van der Waals surface area contributed by atoms with Crippen molar-refractivity contribution in [3.8, 4) is 12.3 Å². The average molecular weight is 184 g/mol. The zero-order valence-corrected chi connectivity index (χ0v) is 8.17. The Morgan fingerprint density at radius 1 is 1.62 bits per heavy atom. The molecular formula is C10H16O3. The Kier molecular flexibility index (Phi) is 5.17. The molecule has 1 unspecified atom stereocenters. The number of ether oxygens (including phenoxy) is 1. The second-order valence-electron chi connectivity index (χ2n) is 2.83. The van der Waals surface area contributed by atoms with Crippen molar-refractivity contribution in [3.05, 3.63) is 0 Å². The van der Waals surface area contributed by atoms with Gasteiger partial charge in [-0.3, -0.25) is 0 Å². The first-order chi connectivity index (χ1) is 6.10. The molecule has 0 aromatic rings. The van der Waals surface area contributed by atoms with Gasteiger partial charge in [0.25, 0.3) is 0 Å². The third-order valence-electron chi connectivity index (χ3n) is 1.74. The highest BCUT2D eigenvalue weighted by Crippen LogP contribution is 2.15. The molecule has 3 heteroatoms. The molecule has 0 rings (SSSR count). The fraction of sp³-hybridized carbons (Fsp3) is 0.700. The summed E-state index contributed by atoms with van der Waals surface area (Å²) in [6, 6.07) is 0. The van der Waals surface area contributed by atoms with Gasteiger partial charge in [-0.05, 0) is 19.8 Å². The number of hydrogen-bond donors (Lipinski definition) is 1. The maximum atomic E-state index is 11.2. The van der Waals surface area contributed by atoms with E-state index in [4.69, 9.17) is 6.42 Å². The lowest BCUT2D eigenvalue weighted by atomic mass is 9.98. The molecule has 0 heterocycles. The summed E-state index contributed by atoms with van der Waals surface area (Å²) in [5, 5.41) is 9.64. The third kappa shape index (κ3) is 3.47. The summed E-state index contributed by atoms with van der Waals surface area (Å²) in [6.07, 6.45) is 6.93. The number of carbonyl (C=O) groups excluding carboxylic acids is 1. The van der Waals surface area contributed by atoms with Crippen LogP contribution in [0.2, 0.25) is 0 Å². The standard InChI is InChI=1S/C10H16O3/c1-4-7-8-10(12,5-2)9(11)13-6-3/h2,12H,4,6-8H2,1,3H3. The van der Waals surface area contributed by atoms with Crippen molar-refractivity contribution >= 4 is 5.97 Å². The van der Waals surface area contributed by atoms with Crippen LogP contribution >= 0.6 is 0 Å². The minimum Gasteiger partial charge on any atom is -0.463 e. The minimum absolute atomic E-state index is 0.231. The van der Waals surface area contributed by atoms with E-state index in [1.54, 1.807) is 6.92 Å². The smallest absolute Gasteiger partial charge is 0.350 e. The first-order valence-electron chi connectivity index (χ1n) is 4.48. The fourth-order valence-electron chi connectivity index (χ4n) is 0.916. The van der Waals surface area contributed by atoms with Gasteiger partial charge in [0.1, 0.15) is 0 Å². The van der Waals surface area contributed by atoms with Crippen LogP contribution in [0, 0.1) is 12.3 Å². The largest absolute Gasteiger partial charge is 0.463 e. The van der Waals surface area contributed by atoms with Crippen molar-refractivity contribution in [1.29, 1.82) is 0 Å². The Bertz CT molecular complexity index is 205. The minimum atomic E-state index is -1.73. The van der Waals surface area contributed by atoms with E-state index in [1.165, 1.54) is 0 Å². The van der Waals surface area contributed by atoms with E-state index < -0.39 is 11.6 Å². The van der Waals surface area contributed by atoms with Crippen LogP contribution in [0.25, 0.3) is 0 Å². The highest BCUT2D eigenvalue weighted by atomic mass is 16.5. The SMILES string of the molecule is C#CC(O)(CCCC)C(=O)OCC. The normalized spacial score (nSPS) is 14.3. The van der Waals surface area contributed by atoms with Crippen LogP contribution in [0.3, 0.4) is 0 Å². The van der Waals surface area contributed by atoms with Gasteiger partial charge in [-0.2, -0.15) is 0 Å². The summed E-state index contributed by atoms with van der Waals surface area (Å²) in [7, 11) is 0. The second-order valence-corrected chi connectivity index (χ2v) is 2.83. The fourth-order valence-corrected chi connectivity index (χ4v) is 0.916. The molecule has 0 saturated heterocycles. The Labute approximate surface area is 79.1 Å². The van der Waals surface area contributed by atoms with Gasteiger partial charge in [0.2, 0.25) is 5.60 Å². The van der Waals surface area contributed by atoms with Crippen LogP contribution in [0.4, 0.5) is 0 Å². The van der Waals surface area contributed by atoms with Crippen molar-refractivity contribution in [2.24, 2.45) is 0 Å². The van der Waals surface area contributed by atoms with Gasteiger partial charge in [-0.25, -0.2) is 4.79 Å². The molecule has 3 nitrogen and oxygen atoms in total. The van der Waals surface area contributed by atoms with Crippen LogP contribution < -0.4 is 0 Å². The van der Waals surface area contributed by atoms with Gasteiger partial charge in [0, 0.05) is 0 Å². The van der Waals surface area contributed by atoms with Crippen LogP contribution in [0.5, 0.6) is 0 Å². The van der Waals surface area contributed by atoms with E-state index in [1.807, 2.05) is 6.92 Å². The van der Waals surface area contributed by atoms with Crippen molar-refractivity contribution in [3.63, 3.8) is 0 Å². The Balaban J connectivity index is 4.27. The Morgan fingerprint density at radius 2 is 2.23 bits per heavy atom. The maximum Gasteiger partial charge on any atom is 0.350 e. The van der Waals surface area contributed by atoms with Gasteiger partial charge in [-0.15, -0.1) is 6.42 Å². The quantitative estimate of drug-likeness (QED) is 0.514. The van der Waals surface area contributed by atoms with Gasteiger partial charge in [0.15, 0.2) is 0 Å². The zero-order valence-electron chi connectivity index (χ0n) is 8.17.